The maximum atomic E-state index is 13.7. The van der Waals surface area contributed by atoms with Crippen LogP contribution in [0.4, 0.5) is 0 Å². The van der Waals surface area contributed by atoms with Crippen molar-refractivity contribution in [3.63, 3.8) is 0 Å². The maximum absolute atomic E-state index is 13.7. The van der Waals surface area contributed by atoms with E-state index in [0.717, 1.165) is 50.3 Å². The molecule has 0 fully saturated rings. The van der Waals surface area contributed by atoms with Crippen molar-refractivity contribution in [3.8, 4) is 5.75 Å². The summed E-state index contributed by atoms with van der Waals surface area (Å²) < 4.78 is 5.75. The van der Waals surface area contributed by atoms with Crippen LogP contribution in [-0.2, 0) is 6.42 Å². The topological polar surface area (TPSA) is 77.2 Å². The molecule has 5 nitrogen and oxygen atoms in total. The van der Waals surface area contributed by atoms with E-state index in [1.807, 2.05) is 30.3 Å². The van der Waals surface area contributed by atoms with Crippen LogP contribution in [-0.4, -0.2) is 31.1 Å². The molecule has 0 bridgehead atoms. The van der Waals surface area contributed by atoms with Crippen LogP contribution in [0.5, 0.6) is 5.75 Å². The molecule has 7 rings (SSSR count). The van der Waals surface area contributed by atoms with Gasteiger partial charge in [-0.25, -0.2) is 4.98 Å². The van der Waals surface area contributed by atoms with E-state index in [0.29, 0.717) is 18.7 Å². The van der Waals surface area contributed by atoms with Crippen molar-refractivity contribution in [1.82, 2.24) is 10.3 Å². The molecule has 36 heavy (non-hydrogen) atoms. The molecule has 1 heterocycles. The van der Waals surface area contributed by atoms with Gasteiger partial charge in [0.15, 0.2) is 0 Å². The molecule has 0 saturated heterocycles. The second kappa shape index (κ2) is 7.90. The Morgan fingerprint density at radius 3 is 2.72 bits per heavy atom. The first-order valence-corrected chi connectivity index (χ1v) is 12.3. The first-order valence-electron chi connectivity index (χ1n) is 12.3. The third-order valence-corrected chi connectivity index (χ3v) is 7.62. The number of nitrogens with one attached hydrogen (secondary N) is 1. The van der Waals surface area contributed by atoms with E-state index < -0.39 is 0 Å². The summed E-state index contributed by atoms with van der Waals surface area (Å²) in [6.45, 7) is 0.779. The smallest absolute Gasteiger partial charge is 0.252 e. The third-order valence-electron chi connectivity index (χ3n) is 7.62. The molecule has 3 aliphatic rings. The molecule has 1 amide bonds. The molecule has 3 aliphatic carbocycles. The van der Waals surface area contributed by atoms with Gasteiger partial charge in [-0.2, -0.15) is 0 Å². The fourth-order valence-electron chi connectivity index (χ4n) is 6.07. The third kappa shape index (κ3) is 2.87. The second-order valence-electron chi connectivity index (χ2n) is 9.51. The number of hydrogen-bond donors (Lipinski definition) is 2. The van der Waals surface area contributed by atoms with Gasteiger partial charge in [0.05, 0.1) is 23.7 Å². The van der Waals surface area contributed by atoms with E-state index in [1.165, 1.54) is 22.3 Å². The predicted molar refractivity (Wildman–Crippen MR) is 145 cm³/mol. The molecule has 3 aromatic carbocycles. The normalized spacial score (nSPS) is 17.2. The fraction of sp³-hybridized carbons (Fsp3) is 0.161. The Morgan fingerprint density at radius 1 is 1.06 bits per heavy atom. The average Bonchev–Trinajstić information content (AvgIpc) is 2.92. The van der Waals surface area contributed by atoms with Crippen LogP contribution in [0.25, 0.3) is 38.7 Å². The Morgan fingerprint density at radius 2 is 1.89 bits per heavy atom. The van der Waals surface area contributed by atoms with E-state index in [2.05, 4.69) is 47.8 Å². The van der Waals surface area contributed by atoms with Crippen molar-refractivity contribution in [3.05, 3.63) is 100 Å². The summed E-state index contributed by atoms with van der Waals surface area (Å²) in [5, 5.41) is 6.60. The summed E-state index contributed by atoms with van der Waals surface area (Å²) in [7, 11) is 1.66. The molecular formula is C31H25N3O2. The molecule has 1 unspecified atom stereocenters. The lowest BCUT2D eigenvalue weighted by molar-refractivity contribution is 0.0958. The lowest BCUT2D eigenvalue weighted by Gasteiger charge is -2.33. The van der Waals surface area contributed by atoms with Gasteiger partial charge in [0.1, 0.15) is 5.75 Å². The van der Waals surface area contributed by atoms with Crippen molar-refractivity contribution in [1.29, 1.82) is 0 Å². The summed E-state index contributed by atoms with van der Waals surface area (Å²) >= 11 is 0. The Bertz CT molecular complexity index is 1760. The standard InChI is InChI=1S/C31H25N3O2/c1-36-25-16-24-28(31(35)33-14-13-32)23-15-19-10-9-17-5-4-6-18-11-12-22(27(19)26(17)18)30(23)34-29(24)21-8-3-2-7-20(21)25/h2-9,11-12,15-16,26H,10,13-14,32H2,1H3,(H,33,35). The monoisotopic (exact) mass is 471 g/mol. The fourth-order valence-corrected chi connectivity index (χ4v) is 6.07. The quantitative estimate of drug-likeness (QED) is 0.312. The summed E-state index contributed by atoms with van der Waals surface area (Å²) in [4.78, 5) is 19.0. The molecule has 0 radical (unpaired) electrons. The van der Waals surface area contributed by atoms with Gasteiger partial charge in [-0.15, -0.1) is 0 Å². The second-order valence-corrected chi connectivity index (χ2v) is 9.51. The highest BCUT2D eigenvalue weighted by Crippen LogP contribution is 2.49. The molecule has 176 valence electrons. The minimum absolute atomic E-state index is 0.143. The summed E-state index contributed by atoms with van der Waals surface area (Å²) in [5.74, 6) is 0.806. The van der Waals surface area contributed by atoms with Gasteiger partial charge in [-0.05, 0) is 40.8 Å². The lowest BCUT2D eigenvalue weighted by atomic mass is 9.70. The number of amides is 1. The Balaban J connectivity index is 1.64. The van der Waals surface area contributed by atoms with Crippen LogP contribution in [0.1, 0.15) is 33.0 Å². The zero-order valence-corrected chi connectivity index (χ0v) is 20.0. The lowest BCUT2D eigenvalue weighted by Crippen LogP contribution is -2.29. The number of allylic oxidation sites excluding steroid dienone is 7. The molecule has 0 aliphatic heterocycles. The Hall–Kier alpha value is -4.22. The van der Waals surface area contributed by atoms with E-state index in [4.69, 9.17) is 15.5 Å². The Kier molecular flexibility index (Phi) is 4.63. The molecule has 1 atom stereocenters. The molecule has 0 spiro atoms. The van der Waals surface area contributed by atoms with Crippen LogP contribution in [0.3, 0.4) is 0 Å². The highest BCUT2D eigenvalue weighted by atomic mass is 16.5. The van der Waals surface area contributed by atoms with Crippen molar-refractivity contribution >= 4 is 44.6 Å². The van der Waals surface area contributed by atoms with Gasteiger partial charge in [-0.1, -0.05) is 60.7 Å². The van der Waals surface area contributed by atoms with Crippen LogP contribution in [0.2, 0.25) is 0 Å². The Labute approximate surface area is 208 Å². The van der Waals surface area contributed by atoms with Crippen LogP contribution < -0.4 is 15.8 Å². The van der Waals surface area contributed by atoms with E-state index in [9.17, 15) is 4.79 Å². The number of pyridine rings is 1. The van der Waals surface area contributed by atoms with Crippen LogP contribution >= 0.6 is 0 Å². The van der Waals surface area contributed by atoms with Gasteiger partial charge < -0.3 is 15.8 Å². The summed E-state index contributed by atoms with van der Waals surface area (Å²) in [5.41, 5.74) is 14.3. The first-order chi connectivity index (χ1) is 17.7. The molecule has 5 heteroatoms. The van der Waals surface area contributed by atoms with E-state index in [-0.39, 0.29) is 11.8 Å². The SMILES string of the molecule is COc1cc2c(C(=O)NCCN)c3cc4c5c(c3nc2c2ccccc12)C=CC1=CC=CC(=CC4)C15. The van der Waals surface area contributed by atoms with Gasteiger partial charge in [0.25, 0.3) is 5.91 Å². The van der Waals surface area contributed by atoms with Crippen LogP contribution in [0, 0.1) is 0 Å². The number of methoxy groups -OCH3 is 1. The number of carbonyl (C=O) groups is 1. The number of fused-ring (bicyclic) bond motifs is 5. The number of carbonyl (C=O) groups excluding carboxylic acids is 1. The van der Waals surface area contributed by atoms with Gasteiger partial charge in [-0.3, -0.25) is 4.79 Å². The number of benzene rings is 3. The molecular weight excluding hydrogens is 446 g/mol. The largest absolute Gasteiger partial charge is 0.496 e. The highest BCUT2D eigenvalue weighted by Gasteiger charge is 2.33. The highest BCUT2D eigenvalue weighted by molar-refractivity contribution is 6.22. The minimum Gasteiger partial charge on any atom is -0.496 e. The number of aromatic nitrogens is 1. The first kappa shape index (κ1) is 21.1. The van der Waals surface area contributed by atoms with E-state index >= 15 is 0 Å². The summed E-state index contributed by atoms with van der Waals surface area (Å²) in [6.07, 6.45) is 14.1. The molecule has 1 aromatic heterocycles. The van der Waals surface area contributed by atoms with Gasteiger partial charge >= 0.3 is 0 Å². The number of ether oxygens (including phenoxy) is 1. The van der Waals surface area contributed by atoms with Crippen molar-refractivity contribution in [2.75, 3.05) is 20.2 Å². The zero-order chi connectivity index (χ0) is 24.4. The number of nitrogens with two attached hydrogens (primary N) is 1. The maximum Gasteiger partial charge on any atom is 0.252 e. The minimum atomic E-state index is -0.143. The number of nitrogens with zero attached hydrogens (tertiary/aromatic N) is 1. The molecule has 0 saturated carbocycles. The number of hydrogen-bond acceptors (Lipinski definition) is 4. The van der Waals surface area contributed by atoms with E-state index in [1.54, 1.807) is 7.11 Å². The van der Waals surface area contributed by atoms with Gasteiger partial charge in [0, 0.05) is 46.1 Å². The van der Waals surface area contributed by atoms with Crippen molar-refractivity contribution < 1.29 is 9.53 Å². The zero-order valence-electron chi connectivity index (χ0n) is 20.0. The molecule has 4 aromatic rings. The van der Waals surface area contributed by atoms with Gasteiger partial charge in [0.2, 0.25) is 0 Å². The average molecular weight is 472 g/mol. The number of rotatable bonds is 4. The van der Waals surface area contributed by atoms with Crippen molar-refractivity contribution in [2.45, 2.75) is 12.3 Å². The molecule has 3 N–H and O–H groups in total. The van der Waals surface area contributed by atoms with Crippen LogP contribution in [0.15, 0.2) is 77.9 Å². The van der Waals surface area contributed by atoms with Crippen molar-refractivity contribution in [2.24, 2.45) is 5.73 Å². The summed E-state index contributed by atoms with van der Waals surface area (Å²) in [6, 6.07) is 12.2. The predicted octanol–water partition coefficient (Wildman–Crippen LogP) is 5.33.